The van der Waals surface area contributed by atoms with E-state index in [-0.39, 0.29) is 5.69 Å². The predicted molar refractivity (Wildman–Crippen MR) is 75.9 cm³/mol. The van der Waals surface area contributed by atoms with Crippen molar-refractivity contribution in [2.45, 2.75) is 17.9 Å². The monoisotopic (exact) mass is 312 g/mol. The van der Waals surface area contributed by atoms with Crippen LogP contribution in [0.4, 0.5) is 14.5 Å². The minimum atomic E-state index is -4.34. The highest BCUT2D eigenvalue weighted by Gasteiger charge is 2.26. The molecule has 0 amide bonds. The van der Waals surface area contributed by atoms with Gasteiger partial charge in [-0.25, -0.2) is 21.9 Å². The Hall–Kier alpha value is -1.99. The number of hydrogen-bond donors (Lipinski definition) is 2. The lowest BCUT2D eigenvalue weighted by molar-refractivity contribution is 0.510. The topological polar surface area (TPSA) is 72.2 Å². The van der Waals surface area contributed by atoms with Gasteiger partial charge in [-0.15, -0.1) is 0 Å². The van der Waals surface area contributed by atoms with Crippen LogP contribution in [0.25, 0.3) is 0 Å². The summed E-state index contributed by atoms with van der Waals surface area (Å²) in [6, 6.07) is 9.59. The molecule has 0 saturated carbocycles. The van der Waals surface area contributed by atoms with Gasteiger partial charge in [-0.3, -0.25) is 0 Å². The molecular weight excluding hydrogens is 298 g/mol. The molecule has 0 aliphatic rings. The van der Waals surface area contributed by atoms with Crippen LogP contribution in [-0.2, 0) is 10.0 Å². The van der Waals surface area contributed by atoms with Crippen LogP contribution >= 0.6 is 0 Å². The molecule has 2 aromatic rings. The predicted octanol–water partition coefficient (Wildman–Crippen LogP) is 2.59. The zero-order chi connectivity index (χ0) is 15.6. The van der Waals surface area contributed by atoms with Crippen molar-refractivity contribution in [1.29, 1.82) is 0 Å². The van der Waals surface area contributed by atoms with Crippen molar-refractivity contribution in [3.63, 3.8) is 0 Å². The van der Waals surface area contributed by atoms with Crippen LogP contribution in [0.5, 0.6) is 0 Å². The fourth-order valence-electron chi connectivity index (χ4n) is 1.94. The first-order chi connectivity index (χ1) is 9.81. The van der Waals surface area contributed by atoms with Gasteiger partial charge in [0.25, 0.3) is 0 Å². The van der Waals surface area contributed by atoms with Gasteiger partial charge in [-0.1, -0.05) is 30.3 Å². The van der Waals surface area contributed by atoms with Gasteiger partial charge in [0, 0.05) is 11.7 Å². The quantitative estimate of drug-likeness (QED) is 0.852. The summed E-state index contributed by atoms with van der Waals surface area (Å²) in [4.78, 5) is -1.03. The molecule has 1 atom stereocenters. The second-order valence-electron chi connectivity index (χ2n) is 4.57. The summed E-state index contributed by atoms with van der Waals surface area (Å²) in [6.45, 7) is 1.58. The molecule has 0 bridgehead atoms. The molecule has 0 spiro atoms. The van der Waals surface area contributed by atoms with Crippen molar-refractivity contribution in [2.24, 2.45) is 0 Å². The van der Waals surface area contributed by atoms with Crippen LogP contribution in [-0.4, -0.2) is 8.42 Å². The third-order valence-corrected chi connectivity index (χ3v) is 4.51. The highest BCUT2D eigenvalue weighted by Crippen LogP contribution is 2.23. The molecule has 2 aromatic carbocycles. The Kier molecular flexibility index (Phi) is 4.24. The maximum Gasteiger partial charge on any atom is 0.246 e. The van der Waals surface area contributed by atoms with Crippen molar-refractivity contribution in [3.8, 4) is 0 Å². The van der Waals surface area contributed by atoms with Crippen molar-refractivity contribution in [2.75, 3.05) is 5.73 Å². The highest BCUT2D eigenvalue weighted by molar-refractivity contribution is 7.89. The van der Waals surface area contributed by atoms with E-state index in [0.29, 0.717) is 5.56 Å². The lowest BCUT2D eigenvalue weighted by Crippen LogP contribution is -2.28. The van der Waals surface area contributed by atoms with Gasteiger partial charge in [0.15, 0.2) is 4.90 Å². The number of sulfonamides is 1. The van der Waals surface area contributed by atoms with Crippen molar-refractivity contribution >= 4 is 15.7 Å². The largest absolute Gasteiger partial charge is 0.399 e. The molecule has 0 heterocycles. The molecule has 112 valence electrons. The standard InChI is InChI=1S/C14H14F2N2O2S/c1-9(10-5-3-2-4-6-10)18-21(19,20)14-12(15)7-11(17)8-13(14)16/h2-9,18H,17H2,1H3/t9-/m0/s1. The number of anilines is 1. The van der Waals surface area contributed by atoms with Gasteiger partial charge < -0.3 is 5.73 Å². The van der Waals surface area contributed by atoms with Crippen LogP contribution in [0.3, 0.4) is 0 Å². The Bertz CT molecular complexity index is 726. The zero-order valence-corrected chi connectivity index (χ0v) is 12.0. The van der Waals surface area contributed by atoms with E-state index in [1.165, 1.54) is 0 Å². The fraction of sp³-hybridized carbons (Fsp3) is 0.143. The number of benzene rings is 2. The molecule has 3 N–H and O–H groups in total. The third kappa shape index (κ3) is 3.37. The van der Waals surface area contributed by atoms with Crippen LogP contribution in [0.2, 0.25) is 0 Å². The van der Waals surface area contributed by atoms with Gasteiger partial charge in [-0.05, 0) is 24.6 Å². The zero-order valence-electron chi connectivity index (χ0n) is 11.2. The smallest absolute Gasteiger partial charge is 0.246 e. The van der Waals surface area contributed by atoms with E-state index in [1.807, 2.05) is 0 Å². The average molecular weight is 312 g/mol. The Morgan fingerprint density at radius 1 is 1.10 bits per heavy atom. The van der Waals surface area contributed by atoms with Crippen LogP contribution in [0.1, 0.15) is 18.5 Å². The first kappa shape index (κ1) is 15.4. The van der Waals surface area contributed by atoms with E-state index in [4.69, 9.17) is 5.73 Å². The molecule has 0 saturated heterocycles. The molecule has 0 aromatic heterocycles. The number of nitrogens with two attached hydrogens (primary N) is 1. The van der Waals surface area contributed by atoms with E-state index in [2.05, 4.69) is 4.72 Å². The number of nitrogens with one attached hydrogen (secondary N) is 1. The maximum atomic E-state index is 13.7. The summed E-state index contributed by atoms with van der Waals surface area (Å²) in [5, 5.41) is 0. The Morgan fingerprint density at radius 2 is 1.62 bits per heavy atom. The number of rotatable bonds is 4. The van der Waals surface area contributed by atoms with Crippen molar-refractivity contribution in [1.82, 2.24) is 4.72 Å². The second-order valence-corrected chi connectivity index (χ2v) is 6.22. The maximum absolute atomic E-state index is 13.7. The SMILES string of the molecule is C[C@H](NS(=O)(=O)c1c(F)cc(N)cc1F)c1ccccc1. The molecule has 0 aliphatic heterocycles. The molecule has 0 fully saturated rings. The molecule has 0 radical (unpaired) electrons. The Morgan fingerprint density at radius 3 is 2.14 bits per heavy atom. The highest BCUT2D eigenvalue weighted by atomic mass is 32.2. The average Bonchev–Trinajstić information content (AvgIpc) is 2.37. The van der Waals surface area contributed by atoms with E-state index in [0.717, 1.165) is 12.1 Å². The molecule has 7 heteroatoms. The molecule has 2 rings (SSSR count). The summed E-state index contributed by atoms with van der Waals surface area (Å²) >= 11 is 0. The third-order valence-electron chi connectivity index (χ3n) is 2.92. The summed E-state index contributed by atoms with van der Waals surface area (Å²) in [5.41, 5.74) is 5.77. The lowest BCUT2D eigenvalue weighted by Gasteiger charge is -2.15. The van der Waals surface area contributed by atoms with Gasteiger partial charge in [-0.2, -0.15) is 0 Å². The number of nitrogen functional groups attached to an aromatic ring is 1. The van der Waals surface area contributed by atoms with Gasteiger partial charge in [0.2, 0.25) is 10.0 Å². The lowest BCUT2D eigenvalue weighted by atomic mass is 10.1. The molecule has 21 heavy (non-hydrogen) atoms. The summed E-state index contributed by atoms with van der Waals surface area (Å²) in [5.74, 6) is -2.44. The minimum absolute atomic E-state index is 0.181. The second kappa shape index (κ2) is 5.79. The van der Waals surface area contributed by atoms with Crippen molar-refractivity contribution in [3.05, 3.63) is 59.7 Å². The normalized spacial score (nSPS) is 13.1. The van der Waals surface area contributed by atoms with Crippen LogP contribution < -0.4 is 10.5 Å². The van der Waals surface area contributed by atoms with Crippen LogP contribution in [0, 0.1) is 11.6 Å². The number of hydrogen-bond acceptors (Lipinski definition) is 3. The van der Waals surface area contributed by atoms with E-state index >= 15 is 0 Å². The van der Waals surface area contributed by atoms with Gasteiger partial charge in [0.05, 0.1) is 0 Å². The van der Waals surface area contributed by atoms with E-state index < -0.39 is 32.6 Å². The first-order valence-electron chi connectivity index (χ1n) is 6.13. The summed E-state index contributed by atoms with van der Waals surface area (Å²) in [6.07, 6.45) is 0. The first-order valence-corrected chi connectivity index (χ1v) is 7.61. The minimum Gasteiger partial charge on any atom is -0.399 e. The Labute approximate surface area is 121 Å². The molecule has 0 unspecified atom stereocenters. The van der Waals surface area contributed by atoms with Crippen molar-refractivity contribution < 1.29 is 17.2 Å². The van der Waals surface area contributed by atoms with E-state index in [9.17, 15) is 17.2 Å². The Balaban J connectivity index is 2.36. The molecule has 0 aliphatic carbocycles. The van der Waals surface area contributed by atoms with E-state index in [1.54, 1.807) is 37.3 Å². The molecular formula is C14H14F2N2O2S. The van der Waals surface area contributed by atoms with Crippen LogP contribution in [0.15, 0.2) is 47.4 Å². The van der Waals surface area contributed by atoms with Gasteiger partial charge in [0.1, 0.15) is 11.6 Å². The molecule has 4 nitrogen and oxygen atoms in total. The fourth-order valence-corrected chi connectivity index (χ4v) is 3.29. The summed E-state index contributed by atoms with van der Waals surface area (Å²) in [7, 11) is -4.34. The number of halogens is 2. The summed E-state index contributed by atoms with van der Waals surface area (Å²) < 4.78 is 54.0. The van der Waals surface area contributed by atoms with Gasteiger partial charge >= 0.3 is 0 Å².